The van der Waals surface area contributed by atoms with Crippen molar-refractivity contribution in [3.8, 4) is 0 Å². The summed E-state index contributed by atoms with van der Waals surface area (Å²) in [6, 6.07) is 12.2. The van der Waals surface area contributed by atoms with Gasteiger partial charge in [-0.3, -0.25) is 10.1 Å². The molecule has 5 rings (SSSR count). The van der Waals surface area contributed by atoms with Crippen LogP contribution in [0, 0.1) is 17.0 Å². The molecule has 1 aliphatic rings. The molecule has 10 nitrogen and oxygen atoms in total. The minimum absolute atomic E-state index is 0.0870. The average molecular weight is 477 g/mol. The number of fused-ring (bicyclic) bond motifs is 1. The van der Waals surface area contributed by atoms with E-state index in [1.807, 2.05) is 25.1 Å². The molecular weight excluding hydrogens is 456 g/mol. The topological polar surface area (TPSA) is 113 Å². The molecule has 1 aliphatic heterocycles. The molecule has 0 radical (unpaired) electrons. The number of piperazine rings is 1. The molecule has 0 saturated carbocycles. The molecule has 172 valence electrons. The number of hydrogen-bond donors (Lipinski definition) is 1. The summed E-state index contributed by atoms with van der Waals surface area (Å²) >= 11 is 6.10. The van der Waals surface area contributed by atoms with Gasteiger partial charge in [-0.05, 0) is 42.8 Å². The Labute approximate surface area is 200 Å². The summed E-state index contributed by atoms with van der Waals surface area (Å²) in [6.07, 6.45) is 3.23. The molecule has 0 aliphatic carbocycles. The van der Waals surface area contributed by atoms with E-state index >= 15 is 0 Å². The first-order chi connectivity index (χ1) is 16.5. The summed E-state index contributed by atoms with van der Waals surface area (Å²) in [6.45, 7) is 4.84. The molecule has 11 heteroatoms. The SMILES string of the molecule is Cc1cc(Cl)ccc1Nc1nc(N2CCN(c3ccc([N+](=O)[O-])cc3)CC2)nc2nccnc12. The number of benzene rings is 2. The van der Waals surface area contributed by atoms with Crippen LogP contribution < -0.4 is 15.1 Å². The number of anilines is 4. The van der Waals surface area contributed by atoms with Crippen molar-refractivity contribution in [2.75, 3.05) is 41.3 Å². The van der Waals surface area contributed by atoms with E-state index in [1.165, 1.54) is 12.1 Å². The van der Waals surface area contributed by atoms with Crippen LogP contribution in [0.5, 0.6) is 0 Å². The average Bonchev–Trinajstić information content (AvgIpc) is 2.86. The Hall–Kier alpha value is -4.05. The summed E-state index contributed by atoms with van der Waals surface area (Å²) in [5.74, 6) is 1.15. The van der Waals surface area contributed by atoms with Gasteiger partial charge >= 0.3 is 0 Å². The van der Waals surface area contributed by atoms with E-state index in [4.69, 9.17) is 16.6 Å². The van der Waals surface area contributed by atoms with Gasteiger partial charge in [0.05, 0.1) is 4.92 Å². The summed E-state index contributed by atoms with van der Waals surface area (Å²) in [5.41, 5.74) is 4.01. The van der Waals surface area contributed by atoms with E-state index in [9.17, 15) is 10.1 Å². The highest BCUT2D eigenvalue weighted by Crippen LogP contribution is 2.28. The highest BCUT2D eigenvalue weighted by atomic mass is 35.5. The lowest BCUT2D eigenvalue weighted by atomic mass is 10.2. The van der Waals surface area contributed by atoms with E-state index in [0.717, 1.165) is 30.0 Å². The fourth-order valence-corrected chi connectivity index (χ4v) is 4.15. The van der Waals surface area contributed by atoms with Crippen LogP contribution in [0.25, 0.3) is 11.2 Å². The molecule has 0 spiro atoms. The highest BCUT2D eigenvalue weighted by Gasteiger charge is 2.22. The first-order valence-corrected chi connectivity index (χ1v) is 11.1. The van der Waals surface area contributed by atoms with E-state index in [-0.39, 0.29) is 5.69 Å². The lowest BCUT2D eigenvalue weighted by Gasteiger charge is -2.36. The third kappa shape index (κ3) is 4.40. The van der Waals surface area contributed by atoms with Crippen LogP contribution in [-0.4, -0.2) is 51.0 Å². The van der Waals surface area contributed by atoms with Crippen molar-refractivity contribution in [1.82, 2.24) is 19.9 Å². The first kappa shape index (κ1) is 21.8. The number of nitro benzene ring substituents is 1. The fraction of sp³-hybridized carbons (Fsp3) is 0.217. The standard InChI is InChI=1S/C23H21ClN8O2/c1-15-14-16(24)2-7-19(15)27-22-20-21(26-9-8-25-20)28-23(29-22)31-12-10-30(11-13-31)17-3-5-18(6-4-17)32(33)34/h2-9,14H,10-13H2,1H3,(H,26,27,28,29). The van der Waals surface area contributed by atoms with Crippen molar-refractivity contribution in [2.45, 2.75) is 6.92 Å². The summed E-state index contributed by atoms with van der Waals surface area (Å²) in [4.78, 5) is 33.1. The van der Waals surface area contributed by atoms with Gasteiger partial charge in [0.2, 0.25) is 5.95 Å². The van der Waals surface area contributed by atoms with Crippen molar-refractivity contribution >= 4 is 51.6 Å². The number of halogens is 1. The Balaban J connectivity index is 1.38. The summed E-state index contributed by atoms with van der Waals surface area (Å²) in [7, 11) is 0. The molecule has 1 N–H and O–H groups in total. The predicted molar refractivity (Wildman–Crippen MR) is 132 cm³/mol. The highest BCUT2D eigenvalue weighted by molar-refractivity contribution is 6.30. The zero-order chi connectivity index (χ0) is 23.7. The van der Waals surface area contributed by atoms with E-state index in [1.54, 1.807) is 24.5 Å². The molecule has 1 fully saturated rings. The van der Waals surface area contributed by atoms with Crippen LogP contribution in [0.4, 0.5) is 28.8 Å². The van der Waals surface area contributed by atoms with Crippen LogP contribution in [-0.2, 0) is 0 Å². The number of nitrogens with zero attached hydrogens (tertiary/aromatic N) is 7. The van der Waals surface area contributed by atoms with Crippen LogP contribution in [0.3, 0.4) is 0 Å². The number of aromatic nitrogens is 4. The van der Waals surface area contributed by atoms with Crippen molar-refractivity contribution in [1.29, 1.82) is 0 Å². The minimum atomic E-state index is -0.390. The van der Waals surface area contributed by atoms with Crippen molar-refractivity contribution in [2.24, 2.45) is 0 Å². The molecule has 0 atom stereocenters. The van der Waals surface area contributed by atoms with Crippen molar-refractivity contribution < 1.29 is 4.92 Å². The number of nitrogens with one attached hydrogen (secondary N) is 1. The maximum absolute atomic E-state index is 10.9. The smallest absolute Gasteiger partial charge is 0.269 e. The van der Waals surface area contributed by atoms with Gasteiger partial charge in [-0.15, -0.1) is 0 Å². The molecule has 0 bridgehead atoms. The largest absolute Gasteiger partial charge is 0.368 e. The molecule has 2 aromatic heterocycles. The van der Waals surface area contributed by atoms with Gasteiger partial charge in [-0.2, -0.15) is 9.97 Å². The third-order valence-corrected chi connectivity index (χ3v) is 5.99. The van der Waals surface area contributed by atoms with Crippen molar-refractivity contribution in [3.63, 3.8) is 0 Å². The molecule has 3 heterocycles. The van der Waals surface area contributed by atoms with Gasteiger partial charge in [0, 0.05) is 67.1 Å². The Morgan fingerprint density at radius 1 is 0.971 bits per heavy atom. The predicted octanol–water partition coefficient (Wildman–Crippen LogP) is 4.36. The lowest BCUT2D eigenvalue weighted by Crippen LogP contribution is -2.47. The normalized spacial score (nSPS) is 13.8. The van der Waals surface area contributed by atoms with Gasteiger partial charge in [-0.25, -0.2) is 9.97 Å². The molecule has 4 aromatic rings. The number of aryl methyl sites for hydroxylation is 1. The maximum Gasteiger partial charge on any atom is 0.269 e. The second kappa shape index (κ2) is 9.06. The van der Waals surface area contributed by atoms with Gasteiger partial charge < -0.3 is 15.1 Å². The quantitative estimate of drug-likeness (QED) is 0.331. The number of nitro groups is 1. The molecule has 1 saturated heterocycles. The van der Waals surface area contributed by atoms with E-state index in [2.05, 4.69) is 30.1 Å². The molecular formula is C23H21ClN8O2. The molecule has 0 unspecified atom stereocenters. The Morgan fingerprint density at radius 3 is 2.38 bits per heavy atom. The molecule has 34 heavy (non-hydrogen) atoms. The second-order valence-corrected chi connectivity index (χ2v) is 8.37. The van der Waals surface area contributed by atoms with Crippen LogP contribution in [0.15, 0.2) is 54.9 Å². The summed E-state index contributed by atoms with van der Waals surface area (Å²) < 4.78 is 0. The Bertz CT molecular complexity index is 1360. The van der Waals surface area contributed by atoms with Gasteiger partial charge in [0.25, 0.3) is 5.69 Å². The summed E-state index contributed by atoms with van der Waals surface area (Å²) in [5, 5.41) is 14.9. The third-order valence-electron chi connectivity index (χ3n) is 5.75. The molecule has 0 amide bonds. The minimum Gasteiger partial charge on any atom is -0.368 e. The number of rotatable bonds is 5. The molecule has 2 aromatic carbocycles. The zero-order valence-electron chi connectivity index (χ0n) is 18.3. The number of hydrogen-bond acceptors (Lipinski definition) is 9. The van der Waals surface area contributed by atoms with E-state index < -0.39 is 4.92 Å². The van der Waals surface area contributed by atoms with Crippen LogP contribution in [0.1, 0.15) is 5.56 Å². The second-order valence-electron chi connectivity index (χ2n) is 7.93. The Kier molecular flexibility index (Phi) is 5.81. The lowest BCUT2D eigenvalue weighted by molar-refractivity contribution is -0.384. The van der Waals surface area contributed by atoms with Gasteiger partial charge in [0.1, 0.15) is 0 Å². The zero-order valence-corrected chi connectivity index (χ0v) is 19.1. The first-order valence-electron chi connectivity index (χ1n) is 10.7. The van der Waals surface area contributed by atoms with Gasteiger partial charge in [-0.1, -0.05) is 11.6 Å². The fourth-order valence-electron chi connectivity index (χ4n) is 3.93. The van der Waals surface area contributed by atoms with Gasteiger partial charge in [0.15, 0.2) is 17.0 Å². The van der Waals surface area contributed by atoms with Crippen LogP contribution >= 0.6 is 11.6 Å². The maximum atomic E-state index is 10.9. The monoisotopic (exact) mass is 476 g/mol. The van der Waals surface area contributed by atoms with Crippen molar-refractivity contribution in [3.05, 3.63) is 75.6 Å². The number of non-ortho nitro benzene ring substituents is 1. The van der Waals surface area contributed by atoms with Crippen LogP contribution in [0.2, 0.25) is 5.02 Å². The Morgan fingerprint density at radius 2 is 1.68 bits per heavy atom. The van der Waals surface area contributed by atoms with E-state index in [0.29, 0.717) is 41.0 Å².